The first-order valence-corrected chi connectivity index (χ1v) is 5.19. The Hall–Kier alpha value is -0.860. The number of hydrogen-bond donors (Lipinski definition) is 0. The first kappa shape index (κ1) is 8.73. The molecule has 0 atom stereocenters. The summed E-state index contributed by atoms with van der Waals surface area (Å²) in [5, 5.41) is 3.90. The second-order valence-electron chi connectivity index (χ2n) is 2.76. The molecular weight excluding hydrogens is 202 g/mol. The van der Waals surface area contributed by atoms with E-state index in [0.717, 1.165) is 21.3 Å². The third-order valence-electron chi connectivity index (χ3n) is 1.76. The number of thiazole rings is 1. The maximum atomic E-state index is 5.79. The Kier molecular flexibility index (Phi) is 2.34. The molecule has 1 nitrogen and oxygen atoms in total. The topological polar surface area (TPSA) is 12.9 Å². The smallest absolute Gasteiger partial charge is 0.0901 e. The predicted molar refractivity (Wildman–Crippen MR) is 57.3 cm³/mol. The first-order valence-electron chi connectivity index (χ1n) is 3.94. The van der Waals surface area contributed by atoms with Gasteiger partial charge in [-0.3, -0.25) is 0 Å². The summed E-state index contributed by atoms with van der Waals surface area (Å²) >= 11 is 7.45. The molecule has 0 N–H and O–H groups in total. The molecule has 0 radical (unpaired) electrons. The zero-order valence-electron chi connectivity index (χ0n) is 7.12. The summed E-state index contributed by atoms with van der Waals surface area (Å²) in [6.07, 6.45) is 0. The highest BCUT2D eigenvalue weighted by Crippen LogP contribution is 2.22. The lowest BCUT2D eigenvalue weighted by Crippen LogP contribution is -1.76. The summed E-state index contributed by atoms with van der Waals surface area (Å²) in [5.74, 6) is 0. The van der Waals surface area contributed by atoms with Crippen LogP contribution in [-0.2, 0) is 0 Å². The Morgan fingerprint density at radius 3 is 2.46 bits per heavy atom. The highest BCUT2D eigenvalue weighted by molar-refractivity contribution is 7.09. The number of aryl methyl sites for hydroxylation is 1. The molecule has 0 unspecified atom stereocenters. The van der Waals surface area contributed by atoms with Crippen LogP contribution < -0.4 is 0 Å². The van der Waals surface area contributed by atoms with Crippen molar-refractivity contribution >= 4 is 22.9 Å². The zero-order chi connectivity index (χ0) is 9.26. The quantitative estimate of drug-likeness (QED) is 0.697. The fourth-order valence-electron chi connectivity index (χ4n) is 1.12. The van der Waals surface area contributed by atoms with Crippen LogP contribution in [0, 0.1) is 6.92 Å². The average Bonchev–Trinajstić information content (AvgIpc) is 2.53. The molecule has 0 aliphatic rings. The molecule has 1 aromatic heterocycles. The number of rotatable bonds is 1. The monoisotopic (exact) mass is 209 g/mol. The van der Waals surface area contributed by atoms with E-state index in [2.05, 4.69) is 10.4 Å². The van der Waals surface area contributed by atoms with Crippen molar-refractivity contribution in [2.45, 2.75) is 6.92 Å². The van der Waals surface area contributed by atoms with Gasteiger partial charge in [0.1, 0.15) is 0 Å². The molecule has 66 valence electrons. The molecular formula is C10H8ClNS. The van der Waals surface area contributed by atoms with E-state index in [4.69, 9.17) is 11.6 Å². The van der Waals surface area contributed by atoms with Crippen LogP contribution in [-0.4, -0.2) is 4.98 Å². The summed E-state index contributed by atoms with van der Waals surface area (Å²) in [7, 11) is 0. The largest absolute Gasteiger partial charge is 0.242 e. The minimum atomic E-state index is 0.760. The molecule has 0 fully saturated rings. The first-order chi connectivity index (χ1) is 6.25. The van der Waals surface area contributed by atoms with E-state index in [1.165, 1.54) is 0 Å². The van der Waals surface area contributed by atoms with Gasteiger partial charge in [-0.05, 0) is 19.1 Å². The highest BCUT2D eigenvalue weighted by Gasteiger charge is 2.00. The summed E-state index contributed by atoms with van der Waals surface area (Å²) in [5.41, 5.74) is 2.15. The number of hydrogen-bond acceptors (Lipinski definition) is 2. The molecule has 0 aliphatic heterocycles. The fraction of sp³-hybridized carbons (Fsp3) is 0.100. The predicted octanol–water partition coefficient (Wildman–Crippen LogP) is 3.77. The van der Waals surface area contributed by atoms with Crippen LogP contribution in [0.25, 0.3) is 11.3 Å². The van der Waals surface area contributed by atoms with Gasteiger partial charge in [0.2, 0.25) is 0 Å². The van der Waals surface area contributed by atoms with E-state index in [-0.39, 0.29) is 0 Å². The fourth-order valence-corrected chi connectivity index (χ4v) is 1.86. The number of aromatic nitrogens is 1. The maximum Gasteiger partial charge on any atom is 0.0901 e. The number of benzene rings is 1. The van der Waals surface area contributed by atoms with Gasteiger partial charge < -0.3 is 0 Å². The van der Waals surface area contributed by atoms with Gasteiger partial charge in [-0.15, -0.1) is 11.3 Å². The lowest BCUT2D eigenvalue weighted by Gasteiger charge is -1.95. The van der Waals surface area contributed by atoms with Crippen LogP contribution in [0.15, 0.2) is 29.6 Å². The normalized spacial score (nSPS) is 10.3. The molecule has 0 spiro atoms. The van der Waals surface area contributed by atoms with Crippen molar-refractivity contribution in [1.82, 2.24) is 4.98 Å². The van der Waals surface area contributed by atoms with E-state index >= 15 is 0 Å². The highest BCUT2D eigenvalue weighted by atomic mass is 35.5. The van der Waals surface area contributed by atoms with Gasteiger partial charge in [-0.2, -0.15) is 0 Å². The Morgan fingerprint density at radius 2 is 1.92 bits per heavy atom. The molecule has 0 aliphatic carbocycles. The van der Waals surface area contributed by atoms with Crippen molar-refractivity contribution in [2.75, 3.05) is 0 Å². The van der Waals surface area contributed by atoms with Gasteiger partial charge in [0, 0.05) is 16.0 Å². The molecule has 2 rings (SSSR count). The Morgan fingerprint density at radius 1 is 1.23 bits per heavy atom. The van der Waals surface area contributed by atoms with Crippen molar-refractivity contribution in [2.24, 2.45) is 0 Å². The average molecular weight is 210 g/mol. The standard InChI is InChI=1S/C10H8ClNS/c1-7-12-10(6-13-7)8-2-4-9(11)5-3-8/h2-6H,1H3. The Balaban J connectivity index is 2.41. The van der Waals surface area contributed by atoms with E-state index in [0.29, 0.717) is 0 Å². The number of nitrogens with zero attached hydrogens (tertiary/aromatic N) is 1. The Bertz CT molecular complexity index is 405. The van der Waals surface area contributed by atoms with Crippen molar-refractivity contribution in [3.8, 4) is 11.3 Å². The van der Waals surface area contributed by atoms with Gasteiger partial charge in [0.25, 0.3) is 0 Å². The SMILES string of the molecule is Cc1nc(-c2ccc(Cl)cc2)cs1. The van der Waals surface area contributed by atoms with Crippen molar-refractivity contribution in [3.05, 3.63) is 39.7 Å². The zero-order valence-corrected chi connectivity index (χ0v) is 8.69. The van der Waals surface area contributed by atoms with Crippen molar-refractivity contribution in [3.63, 3.8) is 0 Å². The molecule has 2 aromatic rings. The number of halogens is 1. The van der Waals surface area contributed by atoms with Gasteiger partial charge in [-0.1, -0.05) is 23.7 Å². The van der Waals surface area contributed by atoms with E-state index < -0.39 is 0 Å². The van der Waals surface area contributed by atoms with Gasteiger partial charge in [-0.25, -0.2) is 4.98 Å². The van der Waals surface area contributed by atoms with E-state index in [1.807, 2.05) is 31.2 Å². The van der Waals surface area contributed by atoms with Crippen LogP contribution in [0.1, 0.15) is 5.01 Å². The van der Waals surface area contributed by atoms with Gasteiger partial charge >= 0.3 is 0 Å². The third-order valence-corrected chi connectivity index (χ3v) is 2.78. The third kappa shape index (κ3) is 1.90. The molecule has 0 saturated carbocycles. The van der Waals surface area contributed by atoms with E-state index in [9.17, 15) is 0 Å². The molecule has 1 aromatic carbocycles. The van der Waals surface area contributed by atoms with Crippen LogP contribution in [0.4, 0.5) is 0 Å². The van der Waals surface area contributed by atoms with Crippen LogP contribution >= 0.6 is 22.9 Å². The van der Waals surface area contributed by atoms with Gasteiger partial charge in [0.05, 0.1) is 10.7 Å². The maximum absolute atomic E-state index is 5.79. The summed E-state index contributed by atoms with van der Waals surface area (Å²) in [6, 6.07) is 7.73. The van der Waals surface area contributed by atoms with Crippen LogP contribution in [0.2, 0.25) is 5.02 Å². The molecule has 1 heterocycles. The van der Waals surface area contributed by atoms with Gasteiger partial charge in [0.15, 0.2) is 0 Å². The second kappa shape index (κ2) is 3.48. The molecule has 3 heteroatoms. The van der Waals surface area contributed by atoms with Crippen LogP contribution in [0.5, 0.6) is 0 Å². The summed E-state index contributed by atoms with van der Waals surface area (Å²) < 4.78 is 0. The summed E-state index contributed by atoms with van der Waals surface area (Å²) in [4.78, 5) is 4.39. The van der Waals surface area contributed by atoms with Crippen molar-refractivity contribution < 1.29 is 0 Å². The minimum Gasteiger partial charge on any atom is -0.242 e. The molecule has 0 saturated heterocycles. The Labute approximate surface area is 86.0 Å². The molecule has 0 amide bonds. The lowest BCUT2D eigenvalue weighted by molar-refractivity contribution is 1.30. The van der Waals surface area contributed by atoms with Crippen LogP contribution in [0.3, 0.4) is 0 Å². The summed E-state index contributed by atoms with van der Waals surface area (Å²) in [6.45, 7) is 2.00. The second-order valence-corrected chi connectivity index (χ2v) is 4.26. The van der Waals surface area contributed by atoms with Crippen molar-refractivity contribution in [1.29, 1.82) is 0 Å². The minimum absolute atomic E-state index is 0.760. The molecule has 13 heavy (non-hydrogen) atoms. The van der Waals surface area contributed by atoms with E-state index in [1.54, 1.807) is 11.3 Å². The molecule has 0 bridgehead atoms. The lowest BCUT2D eigenvalue weighted by atomic mass is 10.2.